The molecule has 1 aromatic carbocycles. The van der Waals surface area contributed by atoms with Crippen LogP contribution in [0.15, 0.2) is 40.3 Å². The molecule has 4 heteroatoms. The Morgan fingerprint density at radius 1 is 1.22 bits per heavy atom. The summed E-state index contributed by atoms with van der Waals surface area (Å²) < 4.78 is 0. The number of hydrogen-bond donors (Lipinski definition) is 0. The van der Waals surface area contributed by atoms with Gasteiger partial charge in [0.15, 0.2) is 6.29 Å². The summed E-state index contributed by atoms with van der Waals surface area (Å²) in [6, 6.07) is 10.3. The normalized spacial score (nSPS) is 20.3. The number of rotatable bonds is 2. The molecule has 1 aliphatic heterocycles. The highest BCUT2D eigenvalue weighted by Crippen LogP contribution is 2.39. The molecule has 3 aliphatic rings. The summed E-state index contributed by atoms with van der Waals surface area (Å²) in [5.74, 6) is 0.236. The minimum absolute atomic E-state index is 0.236. The smallest absolute Gasteiger partial charge is 0.160 e. The van der Waals surface area contributed by atoms with Gasteiger partial charge in [-0.15, -0.1) is 11.3 Å². The Morgan fingerprint density at radius 2 is 2.13 bits per heavy atom. The molecule has 0 spiro atoms. The van der Waals surface area contributed by atoms with Gasteiger partial charge in [-0.3, -0.25) is 4.79 Å². The van der Waals surface area contributed by atoms with E-state index >= 15 is 0 Å². The maximum atomic E-state index is 11.0. The summed E-state index contributed by atoms with van der Waals surface area (Å²) >= 11 is 1.54. The summed E-state index contributed by atoms with van der Waals surface area (Å²) in [6.07, 6.45) is 4.81. The fraction of sp³-hybridized carbons (Fsp3) is 0.105. The summed E-state index contributed by atoms with van der Waals surface area (Å²) in [6.45, 7) is 2.21. The van der Waals surface area contributed by atoms with Crippen molar-refractivity contribution in [3.8, 4) is 0 Å². The van der Waals surface area contributed by atoms with E-state index < -0.39 is 0 Å². The van der Waals surface area contributed by atoms with Crippen molar-refractivity contribution in [3.63, 3.8) is 0 Å². The Bertz CT molecular complexity index is 1100. The molecule has 1 unspecified atom stereocenters. The monoisotopic (exact) mass is 316 g/mol. The second kappa shape index (κ2) is 4.46. The highest BCUT2D eigenvalue weighted by molar-refractivity contribution is 7.14. The predicted octanol–water partition coefficient (Wildman–Crippen LogP) is 2.51. The summed E-state index contributed by atoms with van der Waals surface area (Å²) in [5, 5.41) is 2.47. The zero-order chi connectivity index (χ0) is 15.6. The van der Waals surface area contributed by atoms with Crippen LogP contribution in [0.4, 0.5) is 0 Å². The SMILES string of the molecule is CC1C(c2ccc(C=O)s2)=Cc2cccc3c2=C1C1=NC=NC=31. The van der Waals surface area contributed by atoms with E-state index in [2.05, 4.69) is 41.2 Å². The Kier molecular flexibility index (Phi) is 2.50. The van der Waals surface area contributed by atoms with Gasteiger partial charge in [0, 0.05) is 16.0 Å². The molecular formula is C19H12N2OS. The van der Waals surface area contributed by atoms with Crippen molar-refractivity contribution in [2.45, 2.75) is 6.92 Å². The van der Waals surface area contributed by atoms with Gasteiger partial charge in [-0.25, -0.2) is 9.98 Å². The molecule has 0 bridgehead atoms. The van der Waals surface area contributed by atoms with Crippen LogP contribution in [0.1, 0.15) is 27.0 Å². The molecular weight excluding hydrogens is 304 g/mol. The average molecular weight is 316 g/mol. The first kappa shape index (κ1) is 12.9. The molecule has 0 saturated carbocycles. The quantitative estimate of drug-likeness (QED) is 0.785. The van der Waals surface area contributed by atoms with Crippen LogP contribution in [-0.4, -0.2) is 18.3 Å². The average Bonchev–Trinajstić information content (AvgIpc) is 3.27. The lowest BCUT2D eigenvalue weighted by molar-refractivity contribution is 0.112. The van der Waals surface area contributed by atoms with Crippen molar-refractivity contribution >= 4 is 52.6 Å². The molecule has 1 aromatic heterocycles. The second-order valence-electron chi connectivity index (χ2n) is 5.90. The summed E-state index contributed by atoms with van der Waals surface area (Å²) in [7, 11) is 0. The van der Waals surface area contributed by atoms with Crippen LogP contribution in [0.5, 0.6) is 0 Å². The molecule has 2 heterocycles. The lowest BCUT2D eigenvalue weighted by Gasteiger charge is -2.22. The van der Waals surface area contributed by atoms with Crippen LogP contribution in [0, 0.1) is 5.92 Å². The van der Waals surface area contributed by atoms with Gasteiger partial charge in [-0.2, -0.15) is 0 Å². The van der Waals surface area contributed by atoms with E-state index in [-0.39, 0.29) is 5.92 Å². The van der Waals surface area contributed by atoms with E-state index in [1.807, 2.05) is 12.1 Å². The van der Waals surface area contributed by atoms with Crippen molar-refractivity contribution in [3.05, 3.63) is 56.1 Å². The second-order valence-corrected chi connectivity index (χ2v) is 7.01. The van der Waals surface area contributed by atoms with Crippen molar-refractivity contribution in [1.82, 2.24) is 0 Å². The molecule has 0 saturated heterocycles. The summed E-state index contributed by atoms with van der Waals surface area (Å²) in [5.41, 5.74) is 5.74. The van der Waals surface area contributed by atoms with Crippen molar-refractivity contribution in [1.29, 1.82) is 0 Å². The number of aliphatic imine (C=N–C) groups is 2. The van der Waals surface area contributed by atoms with Gasteiger partial charge in [0.25, 0.3) is 0 Å². The molecule has 23 heavy (non-hydrogen) atoms. The first-order chi connectivity index (χ1) is 11.3. The van der Waals surface area contributed by atoms with Crippen LogP contribution in [0.2, 0.25) is 0 Å². The van der Waals surface area contributed by atoms with Gasteiger partial charge in [-0.1, -0.05) is 25.1 Å². The number of aldehydes is 1. The van der Waals surface area contributed by atoms with E-state index in [0.717, 1.165) is 27.4 Å². The number of thiophene rings is 1. The number of hydrogen-bond acceptors (Lipinski definition) is 4. The van der Waals surface area contributed by atoms with Gasteiger partial charge in [-0.05, 0) is 40.1 Å². The number of benzene rings is 1. The van der Waals surface area contributed by atoms with E-state index in [9.17, 15) is 4.79 Å². The van der Waals surface area contributed by atoms with Crippen molar-refractivity contribution < 1.29 is 4.79 Å². The Labute approximate surface area is 136 Å². The highest BCUT2D eigenvalue weighted by atomic mass is 32.1. The largest absolute Gasteiger partial charge is 0.297 e. The molecule has 3 nitrogen and oxygen atoms in total. The Morgan fingerprint density at radius 3 is 2.96 bits per heavy atom. The maximum Gasteiger partial charge on any atom is 0.160 e. The zero-order valence-corrected chi connectivity index (χ0v) is 13.2. The van der Waals surface area contributed by atoms with Crippen LogP contribution < -0.4 is 10.4 Å². The predicted molar refractivity (Wildman–Crippen MR) is 95.2 cm³/mol. The topological polar surface area (TPSA) is 41.8 Å². The molecule has 0 N–H and O–H groups in total. The van der Waals surface area contributed by atoms with Crippen molar-refractivity contribution in [2.24, 2.45) is 15.9 Å². The van der Waals surface area contributed by atoms with E-state index in [1.54, 1.807) is 17.7 Å². The zero-order valence-electron chi connectivity index (χ0n) is 12.4. The number of carbonyl (C=O) groups excluding carboxylic acids is 1. The van der Waals surface area contributed by atoms with Gasteiger partial charge in [0.1, 0.15) is 6.34 Å². The fourth-order valence-corrected chi connectivity index (χ4v) is 4.62. The third-order valence-electron chi connectivity index (χ3n) is 4.71. The lowest BCUT2D eigenvalue weighted by atomic mass is 9.83. The minimum Gasteiger partial charge on any atom is -0.297 e. The number of fused-ring (bicyclic) bond motifs is 2. The third kappa shape index (κ3) is 1.61. The molecule has 0 amide bonds. The molecule has 5 rings (SSSR count). The number of carbonyl (C=O) groups is 1. The van der Waals surface area contributed by atoms with Gasteiger partial charge < -0.3 is 0 Å². The van der Waals surface area contributed by atoms with Crippen LogP contribution in [0.3, 0.4) is 0 Å². The Balaban J connectivity index is 1.80. The maximum absolute atomic E-state index is 11.0. The van der Waals surface area contributed by atoms with Crippen LogP contribution in [-0.2, 0) is 0 Å². The number of allylic oxidation sites excluding steroid dienone is 1. The molecule has 2 aliphatic carbocycles. The standard InChI is InChI=1S/C19H12N2OS/c1-10-14(15-6-5-12(8-22)23-15)7-11-3-2-4-13-17(11)16(10)19-18(13)20-9-21-19/h2-10H,1H3. The molecule has 110 valence electrons. The van der Waals surface area contributed by atoms with E-state index in [0.29, 0.717) is 0 Å². The summed E-state index contributed by atoms with van der Waals surface area (Å²) in [4.78, 5) is 21.9. The van der Waals surface area contributed by atoms with Gasteiger partial charge in [0.05, 0.1) is 16.3 Å². The molecule has 2 aromatic rings. The first-order valence-electron chi connectivity index (χ1n) is 7.53. The lowest BCUT2D eigenvalue weighted by Crippen LogP contribution is -2.30. The highest BCUT2D eigenvalue weighted by Gasteiger charge is 2.32. The van der Waals surface area contributed by atoms with Crippen LogP contribution >= 0.6 is 11.3 Å². The van der Waals surface area contributed by atoms with Gasteiger partial charge in [0.2, 0.25) is 0 Å². The number of nitrogens with zero attached hydrogens (tertiary/aromatic N) is 2. The van der Waals surface area contributed by atoms with Gasteiger partial charge >= 0.3 is 0 Å². The van der Waals surface area contributed by atoms with E-state index in [4.69, 9.17) is 0 Å². The van der Waals surface area contributed by atoms with E-state index in [1.165, 1.54) is 27.1 Å². The molecule has 1 atom stereocenters. The third-order valence-corrected chi connectivity index (χ3v) is 5.77. The fourth-order valence-electron chi connectivity index (χ4n) is 3.69. The first-order valence-corrected chi connectivity index (χ1v) is 8.35. The Hall–Kier alpha value is -2.59. The van der Waals surface area contributed by atoms with Crippen molar-refractivity contribution in [2.75, 3.05) is 0 Å². The van der Waals surface area contributed by atoms with Crippen LogP contribution in [0.25, 0.3) is 22.9 Å². The minimum atomic E-state index is 0.236. The molecule has 0 radical (unpaired) electrons. The molecule has 0 fully saturated rings.